The molecule has 1 aromatic heterocycles. The number of benzene rings is 2. The Morgan fingerprint density at radius 2 is 1.75 bits per heavy atom. The number of hydrogen-bond donors (Lipinski definition) is 2. The van der Waals surface area contributed by atoms with E-state index in [0.717, 1.165) is 30.4 Å². The summed E-state index contributed by atoms with van der Waals surface area (Å²) in [6.07, 6.45) is 2.75. The van der Waals surface area contributed by atoms with Gasteiger partial charge in [0.25, 0.3) is 17.4 Å². The number of amides is 2. The number of nitrogens with zero attached hydrogens (tertiary/aromatic N) is 2. The van der Waals surface area contributed by atoms with E-state index < -0.39 is 11.8 Å². The van der Waals surface area contributed by atoms with Crippen LogP contribution < -0.4 is 21.1 Å². The highest BCUT2D eigenvalue weighted by molar-refractivity contribution is 6.05. The minimum atomic E-state index is -0.607. The Kier molecular flexibility index (Phi) is 7.59. The Morgan fingerprint density at radius 3 is 2.47 bits per heavy atom. The molecule has 32 heavy (non-hydrogen) atoms. The summed E-state index contributed by atoms with van der Waals surface area (Å²) < 4.78 is 6.79. The average molecular weight is 437 g/mol. The number of carbonyl (C=O) groups is 2. The number of unbranched alkanes of at least 4 members (excludes halogenated alkanes) is 2. The molecule has 3 aromatic rings. The lowest BCUT2D eigenvalue weighted by molar-refractivity contribution is -0.123. The second-order valence-corrected chi connectivity index (χ2v) is 7.67. The lowest BCUT2D eigenvalue weighted by atomic mass is 10.1. The zero-order chi connectivity index (χ0) is 23.1. The van der Waals surface area contributed by atoms with Gasteiger partial charge in [0.15, 0.2) is 12.3 Å². The van der Waals surface area contributed by atoms with Crippen LogP contribution in [0.5, 0.6) is 5.75 Å². The van der Waals surface area contributed by atoms with E-state index in [1.165, 1.54) is 4.68 Å². The maximum Gasteiger partial charge on any atom is 0.290 e. The monoisotopic (exact) mass is 436 g/mol. The number of aromatic nitrogens is 2. The van der Waals surface area contributed by atoms with Crippen molar-refractivity contribution in [2.45, 2.75) is 46.6 Å². The van der Waals surface area contributed by atoms with Crippen LogP contribution in [-0.4, -0.2) is 28.2 Å². The maximum absolute atomic E-state index is 12.8. The number of carbonyl (C=O) groups excluding carboxylic acids is 2. The van der Waals surface area contributed by atoms with Crippen LogP contribution >= 0.6 is 0 Å². The summed E-state index contributed by atoms with van der Waals surface area (Å²) >= 11 is 0. The number of aryl methyl sites for hydroxylation is 3. The fraction of sp³-hybridized carbons (Fsp3) is 0.333. The topological polar surface area (TPSA) is 102 Å². The predicted octanol–water partition coefficient (Wildman–Crippen LogP) is 3.04. The number of hydrazine groups is 1. The summed E-state index contributed by atoms with van der Waals surface area (Å²) in [5.74, 6) is -0.552. The molecule has 2 aromatic carbocycles. The Morgan fingerprint density at radius 1 is 1.00 bits per heavy atom. The number of ether oxygens (including phenoxy) is 1. The molecule has 0 atom stereocenters. The van der Waals surface area contributed by atoms with Gasteiger partial charge in [0.05, 0.1) is 5.39 Å². The Hall–Kier alpha value is -3.68. The maximum atomic E-state index is 12.8. The van der Waals surface area contributed by atoms with Crippen molar-refractivity contribution in [1.29, 1.82) is 0 Å². The first-order valence-corrected chi connectivity index (χ1v) is 10.7. The van der Waals surface area contributed by atoms with Crippen LogP contribution in [0.3, 0.4) is 0 Å². The third-order valence-corrected chi connectivity index (χ3v) is 5.22. The molecule has 2 N–H and O–H groups in total. The lowest BCUT2D eigenvalue weighted by Gasteiger charge is -2.12. The normalized spacial score (nSPS) is 10.7. The summed E-state index contributed by atoms with van der Waals surface area (Å²) in [7, 11) is 0. The Bertz CT molecular complexity index is 1190. The molecule has 0 spiro atoms. The molecule has 0 unspecified atom stereocenters. The van der Waals surface area contributed by atoms with Gasteiger partial charge in [0, 0.05) is 11.9 Å². The Labute approximate surface area is 186 Å². The molecule has 3 rings (SSSR count). The van der Waals surface area contributed by atoms with Gasteiger partial charge >= 0.3 is 0 Å². The lowest BCUT2D eigenvalue weighted by Crippen LogP contribution is -2.44. The number of rotatable bonds is 8. The molecule has 0 aliphatic heterocycles. The van der Waals surface area contributed by atoms with E-state index in [2.05, 4.69) is 22.9 Å². The molecule has 8 heteroatoms. The first-order valence-electron chi connectivity index (χ1n) is 10.7. The summed E-state index contributed by atoms with van der Waals surface area (Å²) in [6.45, 7) is 6.19. The molecule has 0 saturated carbocycles. The fourth-order valence-corrected chi connectivity index (χ4v) is 3.24. The van der Waals surface area contributed by atoms with Crippen molar-refractivity contribution in [2.75, 3.05) is 6.61 Å². The van der Waals surface area contributed by atoms with Crippen molar-refractivity contribution < 1.29 is 14.3 Å². The van der Waals surface area contributed by atoms with Crippen molar-refractivity contribution in [3.8, 4) is 5.75 Å². The predicted molar refractivity (Wildman–Crippen MR) is 123 cm³/mol. The van der Waals surface area contributed by atoms with Crippen LogP contribution in [0, 0.1) is 13.8 Å². The minimum Gasteiger partial charge on any atom is -0.484 e. The quantitative estimate of drug-likeness (QED) is 0.417. The summed E-state index contributed by atoms with van der Waals surface area (Å²) in [5.41, 5.74) is 6.73. The van der Waals surface area contributed by atoms with Crippen LogP contribution in [0.1, 0.15) is 47.8 Å². The van der Waals surface area contributed by atoms with Gasteiger partial charge in [-0.1, -0.05) is 44.0 Å². The molecule has 0 aliphatic carbocycles. The average Bonchev–Trinajstić information content (AvgIpc) is 2.80. The molecular formula is C24H28N4O4. The molecule has 168 valence electrons. The van der Waals surface area contributed by atoms with Gasteiger partial charge in [0.2, 0.25) is 0 Å². The van der Waals surface area contributed by atoms with Gasteiger partial charge in [-0.3, -0.25) is 25.2 Å². The van der Waals surface area contributed by atoms with E-state index in [1.54, 1.807) is 30.3 Å². The molecule has 8 nitrogen and oxygen atoms in total. The minimum absolute atomic E-state index is 0.0760. The Balaban J connectivity index is 1.69. The van der Waals surface area contributed by atoms with Gasteiger partial charge in [0.1, 0.15) is 5.75 Å². The van der Waals surface area contributed by atoms with E-state index in [0.29, 0.717) is 23.1 Å². The van der Waals surface area contributed by atoms with Crippen molar-refractivity contribution in [1.82, 2.24) is 20.6 Å². The van der Waals surface area contributed by atoms with Crippen molar-refractivity contribution in [2.24, 2.45) is 0 Å². The molecular weight excluding hydrogens is 408 g/mol. The summed E-state index contributed by atoms with van der Waals surface area (Å²) in [6, 6.07) is 12.4. The van der Waals surface area contributed by atoms with E-state index in [9.17, 15) is 14.4 Å². The molecule has 1 heterocycles. The van der Waals surface area contributed by atoms with Crippen molar-refractivity contribution in [3.05, 3.63) is 69.6 Å². The number of hydrogen-bond acceptors (Lipinski definition) is 5. The second-order valence-electron chi connectivity index (χ2n) is 7.67. The van der Waals surface area contributed by atoms with Gasteiger partial charge in [-0.05, 0) is 49.6 Å². The van der Waals surface area contributed by atoms with Crippen LogP contribution in [0.2, 0.25) is 0 Å². The number of fused-ring (bicyclic) bond motifs is 1. The third kappa shape index (κ3) is 5.51. The first kappa shape index (κ1) is 23.0. The molecule has 0 aliphatic rings. The van der Waals surface area contributed by atoms with Crippen LogP contribution in [-0.2, 0) is 11.3 Å². The fourth-order valence-electron chi connectivity index (χ4n) is 3.24. The highest BCUT2D eigenvalue weighted by atomic mass is 16.5. The largest absolute Gasteiger partial charge is 0.484 e. The van der Waals surface area contributed by atoms with E-state index in [-0.39, 0.29) is 17.9 Å². The highest BCUT2D eigenvalue weighted by Gasteiger charge is 2.17. The van der Waals surface area contributed by atoms with E-state index in [1.807, 2.05) is 26.0 Å². The van der Waals surface area contributed by atoms with E-state index >= 15 is 0 Å². The molecule has 2 amide bonds. The molecule has 0 saturated heterocycles. The van der Waals surface area contributed by atoms with Crippen LogP contribution in [0.4, 0.5) is 0 Å². The second kappa shape index (κ2) is 10.6. The zero-order valence-corrected chi connectivity index (χ0v) is 18.6. The summed E-state index contributed by atoms with van der Waals surface area (Å²) in [4.78, 5) is 37.6. The van der Waals surface area contributed by atoms with Gasteiger partial charge in [-0.25, -0.2) is 4.68 Å². The molecule has 0 bridgehead atoms. The van der Waals surface area contributed by atoms with Gasteiger partial charge in [-0.2, -0.15) is 5.10 Å². The smallest absolute Gasteiger partial charge is 0.290 e. The molecule has 0 fully saturated rings. The SMILES string of the molecule is CCCCCn1nc(C(=O)NNC(=O)COc2ccc(C)c(C)c2)c2ccccc2c1=O. The highest BCUT2D eigenvalue weighted by Crippen LogP contribution is 2.16. The van der Waals surface area contributed by atoms with E-state index in [4.69, 9.17) is 4.74 Å². The van der Waals surface area contributed by atoms with Crippen molar-refractivity contribution >= 4 is 22.6 Å². The van der Waals surface area contributed by atoms with Crippen molar-refractivity contribution in [3.63, 3.8) is 0 Å². The van der Waals surface area contributed by atoms with Crippen LogP contribution in [0.15, 0.2) is 47.3 Å². The zero-order valence-electron chi connectivity index (χ0n) is 18.6. The third-order valence-electron chi connectivity index (χ3n) is 5.22. The number of nitrogens with one attached hydrogen (secondary N) is 2. The first-order chi connectivity index (χ1) is 15.4. The van der Waals surface area contributed by atoms with Gasteiger partial charge < -0.3 is 4.74 Å². The van der Waals surface area contributed by atoms with Gasteiger partial charge in [-0.15, -0.1) is 0 Å². The summed E-state index contributed by atoms with van der Waals surface area (Å²) in [5, 5.41) is 5.11. The molecule has 0 radical (unpaired) electrons. The standard InChI is InChI=1S/C24H28N4O4/c1-4-5-8-13-28-24(31)20-10-7-6-9-19(20)22(27-28)23(30)26-25-21(29)15-32-18-12-11-16(2)17(3)14-18/h6-7,9-12,14H,4-5,8,13,15H2,1-3H3,(H,25,29)(H,26,30). The van der Waals surface area contributed by atoms with Crippen LogP contribution in [0.25, 0.3) is 10.8 Å².